The van der Waals surface area contributed by atoms with Gasteiger partial charge >= 0.3 is 48.9 Å². The van der Waals surface area contributed by atoms with E-state index in [4.69, 9.17) is 9.47 Å². The first-order valence-corrected chi connectivity index (χ1v) is 19.1. The van der Waals surface area contributed by atoms with Gasteiger partial charge in [-0.3, -0.25) is 39.4 Å². The maximum absolute atomic E-state index is 11.9. The monoisotopic (exact) mass is 1010 g/mol. The number of benzene rings is 4. The van der Waals surface area contributed by atoms with Gasteiger partial charge in [-0.05, 0) is 50.2 Å². The average Bonchev–Trinajstić information content (AvgIpc) is 3.15. The molecule has 4 rings (SSSR count). The fraction of sp³-hybridized carbons (Fsp3) is 0.176. The van der Waals surface area contributed by atoms with Crippen molar-refractivity contribution in [2.75, 3.05) is 24.9 Å². The van der Waals surface area contributed by atoms with Crippen molar-refractivity contribution < 1.29 is 64.4 Å². The predicted molar refractivity (Wildman–Crippen MR) is 210 cm³/mol. The first kappa shape index (κ1) is 51.3. The molecule has 4 aromatic rings. The molecule has 24 nitrogen and oxygen atoms in total. The third kappa shape index (κ3) is 15.3. The van der Waals surface area contributed by atoms with Crippen molar-refractivity contribution in [1.82, 2.24) is 0 Å². The van der Waals surface area contributed by atoms with Crippen molar-refractivity contribution in [2.45, 2.75) is 36.5 Å². The van der Waals surface area contributed by atoms with Gasteiger partial charge in [0.05, 0.1) is 58.1 Å². The number of azo groups is 2. The summed E-state index contributed by atoms with van der Waals surface area (Å²) < 4.78 is 78.8. The molecule has 0 spiro atoms. The number of nitro benzene ring substituents is 2. The Balaban J connectivity index is 0.000000413. The SMILES string of the molecule is COc1ccc(N=Nc2c([N+](=O)[O-])cccc2S(=O)(=O)[O-])c(NC(=O)CC(C)=O)c1.COc1ccc(N=Nc2c([N+](=O)[O-])cccc2S(=O)(=O)[O-])c(NC(=O)CC(C)=O)c1.[Ba+2]. The van der Waals surface area contributed by atoms with Crippen LogP contribution in [-0.4, -0.2) is 122 Å². The Labute approximate surface area is 385 Å². The van der Waals surface area contributed by atoms with Gasteiger partial charge in [0.2, 0.25) is 11.8 Å². The summed E-state index contributed by atoms with van der Waals surface area (Å²) in [7, 11) is -7.42. The minimum atomic E-state index is -5.08. The second-order valence-electron chi connectivity index (χ2n) is 11.7. The quantitative estimate of drug-likeness (QED) is 0.0359. The number of Topliss-reactive ketones (excluding diaryl/α,β-unsaturated/α-hetero) is 2. The van der Waals surface area contributed by atoms with Crippen molar-refractivity contribution in [1.29, 1.82) is 0 Å². The van der Waals surface area contributed by atoms with E-state index in [0.29, 0.717) is 11.5 Å². The first-order chi connectivity index (χ1) is 28.0. The maximum atomic E-state index is 11.9. The summed E-state index contributed by atoms with van der Waals surface area (Å²) in [5.41, 5.74) is -2.95. The molecule has 0 atom stereocenters. The van der Waals surface area contributed by atoms with Crippen molar-refractivity contribution in [3.05, 3.63) is 93.0 Å². The summed E-state index contributed by atoms with van der Waals surface area (Å²) in [4.78, 5) is 64.8. The minimum absolute atomic E-state index is 0. The Hall–Kier alpha value is -5.85. The molecular weight excluding hydrogens is 978 g/mol. The van der Waals surface area contributed by atoms with Crippen molar-refractivity contribution in [3.63, 3.8) is 0 Å². The molecule has 0 aromatic heterocycles. The molecule has 27 heteroatoms. The van der Waals surface area contributed by atoms with Gasteiger partial charge in [-0.1, -0.05) is 12.1 Å². The summed E-state index contributed by atoms with van der Waals surface area (Å²) >= 11 is 0. The summed E-state index contributed by atoms with van der Waals surface area (Å²) in [6.45, 7) is 2.45. The van der Waals surface area contributed by atoms with Gasteiger partial charge in [-0.15, -0.1) is 20.5 Å². The van der Waals surface area contributed by atoms with Crippen LogP contribution in [0.3, 0.4) is 0 Å². The van der Waals surface area contributed by atoms with Crippen LogP contribution in [0.25, 0.3) is 0 Å². The molecule has 2 N–H and O–H groups in total. The van der Waals surface area contributed by atoms with Crippen LogP contribution in [0.1, 0.15) is 26.7 Å². The van der Waals surface area contributed by atoms with Crippen molar-refractivity contribution in [3.8, 4) is 11.5 Å². The van der Waals surface area contributed by atoms with E-state index in [9.17, 15) is 65.3 Å². The van der Waals surface area contributed by atoms with Crippen LogP contribution >= 0.6 is 0 Å². The van der Waals surface area contributed by atoms with Crippen LogP contribution in [-0.2, 0) is 39.4 Å². The Morgan fingerprint density at radius 2 is 0.951 bits per heavy atom. The molecule has 0 aliphatic carbocycles. The Kier molecular flexibility index (Phi) is 19.1. The Morgan fingerprint density at radius 3 is 1.23 bits per heavy atom. The van der Waals surface area contributed by atoms with E-state index in [-0.39, 0.29) is 83.2 Å². The predicted octanol–water partition coefficient (Wildman–Crippen LogP) is 5.30. The zero-order valence-electron chi connectivity index (χ0n) is 32.1. The number of ether oxygens (including phenoxy) is 2. The molecule has 0 unspecified atom stereocenters. The Morgan fingerprint density at radius 1 is 0.607 bits per heavy atom. The number of carbonyl (C=O) groups excluding carboxylic acids is 4. The minimum Gasteiger partial charge on any atom is -0.744 e. The third-order valence-electron chi connectivity index (χ3n) is 7.18. The largest absolute Gasteiger partial charge is 2.00 e. The van der Waals surface area contributed by atoms with Crippen LogP contribution in [0.15, 0.2) is 103 Å². The van der Waals surface area contributed by atoms with Crippen LogP contribution in [0.5, 0.6) is 11.5 Å². The summed E-state index contributed by atoms with van der Waals surface area (Å²) in [5.74, 6) is -1.44. The van der Waals surface area contributed by atoms with E-state index in [1.54, 1.807) is 0 Å². The molecular formula is C34H30BaN8O16S2. The van der Waals surface area contributed by atoms with Crippen LogP contribution in [0.4, 0.5) is 45.5 Å². The number of amides is 2. The molecule has 0 aliphatic rings. The van der Waals surface area contributed by atoms with E-state index in [2.05, 4.69) is 31.1 Å². The number of ketones is 2. The molecule has 4 aromatic carbocycles. The van der Waals surface area contributed by atoms with Gasteiger partial charge in [-0.25, -0.2) is 16.8 Å². The number of nitrogens with one attached hydrogen (secondary N) is 2. The Bertz CT molecular complexity index is 2480. The van der Waals surface area contributed by atoms with E-state index in [1.807, 2.05) is 0 Å². The first-order valence-electron chi connectivity index (χ1n) is 16.3. The van der Waals surface area contributed by atoms with Gasteiger partial charge < -0.3 is 29.2 Å². The number of carbonyl (C=O) groups is 4. The molecule has 0 heterocycles. The molecule has 0 fully saturated rings. The zero-order valence-corrected chi connectivity index (χ0v) is 38.2. The number of nitrogens with zero attached hydrogens (tertiary/aromatic N) is 6. The molecule has 2 amide bonds. The number of rotatable bonds is 16. The van der Waals surface area contributed by atoms with E-state index in [1.165, 1.54) is 64.5 Å². The molecule has 61 heavy (non-hydrogen) atoms. The van der Waals surface area contributed by atoms with Crippen LogP contribution in [0, 0.1) is 20.2 Å². The second kappa shape index (κ2) is 22.7. The molecule has 0 saturated heterocycles. The van der Waals surface area contributed by atoms with Crippen LogP contribution < -0.4 is 20.1 Å². The number of hydrogen-bond donors (Lipinski definition) is 2. The zero-order chi connectivity index (χ0) is 44.9. The number of methoxy groups -OCH3 is 2. The van der Waals surface area contributed by atoms with Gasteiger partial charge in [0.1, 0.15) is 54.7 Å². The smallest absolute Gasteiger partial charge is 0.744 e. The molecule has 0 bridgehead atoms. The van der Waals surface area contributed by atoms with Crippen molar-refractivity contribution in [2.24, 2.45) is 20.5 Å². The molecule has 0 radical (unpaired) electrons. The molecule has 316 valence electrons. The van der Waals surface area contributed by atoms with Gasteiger partial charge in [-0.2, -0.15) is 0 Å². The molecule has 0 saturated carbocycles. The van der Waals surface area contributed by atoms with Gasteiger partial charge in [0.25, 0.3) is 11.4 Å². The fourth-order valence-corrected chi connectivity index (χ4v) is 5.88. The van der Waals surface area contributed by atoms with E-state index >= 15 is 0 Å². The van der Waals surface area contributed by atoms with Gasteiger partial charge in [0, 0.05) is 24.3 Å². The number of anilines is 2. The van der Waals surface area contributed by atoms with Crippen LogP contribution in [0.2, 0.25) is 0 Å². The third-order valence-corrected chi connectivity index (χ3v) is 8.91. The van der Waals surface area contributed by atoms with Gasteiger partial charge in [0.15, 0.2) is 11.4 Å². The topological polar surface area (TPSA) is 361 Å². The van der Waals surface area contributed by atoms with E-state index in [0.717, 1.165) is 36.4 Å². The molecule has 0 aliphatic heterocycles. The fourth-order valence-electron chi connectivity index (χ4n) is 4.63. The maximum Gasteiger partial charge on any atom is 2.00 e. The standard InChI is InChI=1S/2C17H16N4O8S.Ba/c2*1-10(22)8-16(23)18-13-9-11(29-2)6-7-12(13)19-20-17-14(21(24)25)4-3-5-15(17)30(26,27)28;/h2*3-7,9H,8H2,1-2H3,(H,18,23)(H,26,27,28);/q;;+2/p-2. The second-order valence-corrected chi connectivity index (χ2v) is 14.4. The average molecular weight is 1010 g/mol. The summed E-state index contributed by atoms with van der Waals surface area (Å²) in [6, 6.07) is 14.0. The normalized spacial score (nSPS) is 11.1. The number of hydrogen-bond acceptors (Lipinski definition) is 20. The van der Waals surface area contributed by atoms with Crippen molar-refractivity contribution >= 4 is 138 Å². The van der Waals surface area contributed by atoms with E-state index < -0.39 is 87.3 Å². The number of nitro groups is 2. The summed E-state index contributed by atoms with van der Waals surface area (Å²) in [6.07, 6.45) is -0.812. The summed E-state index contributed by atoms with van der Waals surface area (Å²) in [5, 5.41) is 42.0.